The highest BCUT2D eigenvalue weighted by Crippen LogP contribution is 2.66. The molecule has 1 aromatic rings. The van der Waals surface area contributed by atoms with Crippen molar-refractivity contribution in [3.8, 4) is 0 Å². The summed E-state index contributed by atoms with van der Waals surface area (Å²) in [4.78, 5) is 38.4. The number of benzene rings is 1. The molecule has 0 spiro atoms. The first kappa shape index (κ1) is 35.0. The number of rotatable bonds is 4. The SMILES string of the molecule is CC(=O)C1CCC2C3CC=C4CC(OC(=O)OC(C)N5C6=CC=C(Cl)CC6N=C(N6CCN(C)CC6)c6ccccc65)CCC4(C)C3CCC12C. The van der Waals surface area contributed by atoms with Crippen LogP contribution in [0.4, 0.5) is 10.5 Å². The number of hydrogen-bond donors (Lipinski definition) is 0. The van der Waals surface area contributed by atoms with Crippen LogP contribution in [-0.2, 0) is 14.3 Å². The van der Waals surface area contributed by atoms with Gasteiger partial charge in [0, 0.05) is 61.2 Å². The molecule has 9 unspecified atom stereocenters. The van der Waals surface area contributed by atoms with Crippen molar-refractivity contribution >= 4 is 35.1 Å². The van der Waals surface area contributed by atoms with Crippen LogP contribution in [0.25, 0.3) is 0 Å². The van der Waals surface area contributed by atoms with Gasteiger partial charge in [0.2, 0.25) is 0 Å². The summed E-state index contributed by atoms with van der Waals surface area (Å²) in [5, 5.41) is 0.766. The number of Topliss-reactive ketones (excluding diaryl/α,β-unsaturated/α-hetero) is 1. The minimum Gasteiger partial charge on any atom is -0.431 e. The van der Waals surface area contributed by atoms with Crippen LogP contribution in [0, 0.1) is 34.5 Å². The summed E-state index contributed by atoms with van der Waals surface area (Å²) in [6.45, 7) is 12.4. The number of anilines is 1. The van der Waals surface area contributed by atoms with Crippen LogP contribution in [-0.4, -0.2) is 79.2 Å². The fourth-order valence-electron chi connectivity index (χ4n) is 11.7. The molecule has 3 saturated carbocycles. The van der Waals surface area contributed by atoms with Crippen LogP contribution < -0.4 is 4.90 Å². The number of halogens is 1. The van der Waals surface area contributed by atoms with E-state index < -0.39 is 12.4 Å². The smallest absolute Gasteiger partial charge is 0.431 e. The van der Waals surface area contributed by atoms with Gasteiger partial charge in [0.1, 0.15) is 17.7 Å². The highest BCUT2D eigenvalue weighted by Gasteiger charge is 2.59. The van der Waals surface area contributed by atoms with E-state index in [1.54, 1.807) is 0 Å². The maximum absolute atomic E-state index is 13.6. The third kappa shape index (κ3) is 6.06. The Morgan fingerprint density at radius 1 is 0.980 bits per heavy atom. The number of likely N-dealkylation sites (N-methyl/N-ethyl adjacent to an activating group) is 1. The number of nitrogens with zero attached hydrogens (tertiary/aromatic N) is 4. The van der Waals surface area contributed by atoms with Crippen LogP contribution in [0.1, 0.15) is 91.0 Å². The van der Waals surface area contributed by atoms with Gasteiger partial charge in [0.25, 0.3) is 0 Å². The van der Waals surface area contributed by atoms with E-state index in [1.807, 2.05) is 32.1 Å². The minimum atomic E-state index is -0.622. The Morgan fingerprint density at radius 2 is 1.76 bits per heavy atom. The normalized spacial score (nSPS) is 36.7. The molecule has 0 aromatic heterocycles. The lowest BCUT2D eigenvalue weighted by molar-refractivity contribution is -0.127. The molecule has 4 fully saturated rings. The second-order valence-electron chi connectivity index (χ2n) is 17.0. The molecule has 5 aliphatic carbocycles. The highest BCUT2D eigenvalue weighted by molar-refractivity contribution is 6.29. The van der Waals surface area contributed by atoms with E-state index in [4.69, 9.17) is 26.1 Å². The molecule has 0 N–H and O–H groups in total. The first-order chi connectivity index (χ1) is 24.5. The Kier molecular flexibility index (Phi) is 9.18. The highest BCUT2D eigenvalue weighted by atomic mass is 35.5. The number of amidine groups is 1. The third-order valence-corrected chi connectivity index (χ3v) is 14.7. The predicted octanol–water partition coefficient (Wildman–Crippen LogP) is 8.32. The number of aliphatic imine (C=N–C) groups is 1. The number of carbonyl (C=O) groups excluding carboxylic acids is 2. The monoisotopic (exact) mass is 714 g/mol. The van der Waals surface area contributed by atoms with E-state index in [9.17, 15) is 9.59 Å². The molecule has 1 saturated heterocycles. The van der Waals surface area contributed by atoms with Gasteiger partial charge in [-0.1, -0.05) is 49.2 Å². The molecular formula is C42H55ClN4O4. The second kappa shape index (κ2) is 13.4. The summed E-state index contributed by atoms with van der Waals surface area (Å²) < 4.78 is 12.3. The number of fused-ring (bicyclic) bond motifs is 7. The van der Waals surface area contributed by atoms with E-state index in [0.717, 1.165) is 92.5 Å². The lowest BCUT2D eigenvalue weighted by Gasteiger charge is -2.58. The van der Waals surface area contributed by atoms with Gasteiger partial charge in [0.15, 0.2) is 6.23 Å². The minimum absolute atomic E-state index is 0.129. The summed E-state index contributed by atoms with van der Waals surface area (Å²) in [6, 6.07) is 8.12. The van der Waals surface area contributed by atoms with Crippen LogP contribution in [0.2, 0.25) is 0 Å². The van der Waals surface area contributed by atoms with Gasteiger partial charge >= 0.3 is 6.16 Å². The van der Waals surface area contributed by atoms with Gasteiger partial charge in [-0.15, -0.1) is 0 Å². The molecule has 0 amide bonds. The third-order valence-electron chi connectivity index (χ3n) is 14.4. The Morgan fingerprint density at radius 3 is 2.55 bits per heavy atom. The van der Waals surface area contributed by atoms with Gasteiger partial charge < -0.3 is 24.2 Å². The molecule has 0 bridgehead atoms. The van der Waals surface area contributed by atoms with E-state index >= 15 is 0 Å². The molecule has 274 valence electrons. The zero-order valence-corrected chi connectivity index (χ0v) is 31.8. The average Bonchev–Trinajstić information content (AvgIpc) is 3.39. The van der Waals surface area contributed by atoms with E-state index in [1.165, 1.54) is 18.4 Å². The summed E-state index contributed by atoms with van der Waals surface area (Å²) in [7, 11) is 2.16. The largest absolute Gasteiger partial charge is 0.510 e. The Hall–Kier alpha value is -3.10. The molecule has 8 nitrogen and oxygen atoms in total. The predicted molar refractivity (Wildman–Crippen MR) is 202 cm³/mol. The van der Waals surface area contributed by atoms with Gasteiger partial charge in [-0.3, -0.25) is 9.79 Å². The van der Waals surface area contributed by atoms with Crippen LogP contribution in [0.15, 0.2) is 63.8 Å². The second-order valence-corrected chi connectivity index (χ2v) is 17.5. The first-order valence-corrected chi connectivity index (χ1v) is 19.9. The van der Waals surface area contributed by atoms with Crippen LogP contribution in [0.3, 0.4) is 0 Å². The molecule has 8 rings (SSSR count). The average molecular weight is 715 g/mol. The maximum atomic E-state index is 13.6. The van der Waals surface area contributed by atoms with Crippen molar-refractivity contribution < 1.29 is 19.1 Å². The molecule has 51 heavy (non-hydrogen) atoms. The number of carbonyl (C=O) groups is 2. The Balaban J connectivity index is 0.976. The molecule has 9 atom stereocenters. The van der Waals surface area contributed by atoms with Crippen LogP contribution in [0.5, 0.6) is 0 Å². The van der Waals surface area contributed by atoms with Crippen molar-refractivity contribution in [2.45, 2.75) is 104 Å². The van der Waals surface area contributed by atoms with E-state index in [-0.39, 0.29) is 28.9 Å². The zero-order valence-electron chi connectivity index (χ0n) is 31.1. The molecule has 2 heterocycles. The lowest BCUT2D eigenvalue weighted by atomic mass is 9.47. The fourth-order valence-corrected chi connectivity index (χ4v) is 11.9. The van der Waals surface area contributed by atoms with Gasteiger partial charge in [-0.05, 0) is 119 Å². The first-order valence-electron chi connectivity index (χ1n) is 19.5. The maximum Gasteiger partial charge on any atom is 0.510 e. The Bertz CT molecular complexity index is 1690. The lowest BCUT2D eigenvalue weighted by Crippen LogP contribution is -2.51. The molecule has 9 heteroatoms. The van der Waals surface area contributed by atoms with Gasteiger partial charge in [-0.25, -0.2) is 4.79 Å². The Labute approximate surface area is 308 Å². The number of allylic oxidation sites excluding steroid dienone is 3. The van der Waals surface area contributed by atoms with Gasteiger partial charge in [0.05, 0.1) is 11.7 Å². The number of para-hydroxylation sites is 1. The van der Waals surface area contributed by atoms with Crippen LogP contribution >= 0.6 is 11.6 Å². The zero-order chi connectivity index (χ0) is 35.7. The quantitative estimate of drug-likeness (QED) is 0.229. The molecule has 2 aliphatic heterocycles. The number of hydrogen-bond acceptors (Lipinski definition) is 8. The van der Waals surface area contributed by atoms with Crippen molar-refractivity contribution in [2.24, 2.45) is 39.5 Å². The molecule has 1 aromatic carbocycles. The topological polar surface area (TPSA) is 74.7 Å². The summed E-state index contributed by atoms with van der Waals surface area (Å²) >= 11 is 6.60. The van der Waals surface area contributed by atoms with Crippen molar-refractivity contribution in [1.29, 1.82) is 0 Å². The summed E-state index contributed by atoms with van der Waals surface area (Å²) in [5.41, 5.74) is 4.70. The molecular weight excluding hydrogens is 660 g/mol. The number of piperazine rings is 1. The standard InChI is InChI=1S/C42H55ClN4O4/c1-26(48)33-13-14-34-31-12-10-28-24-30(16-18-41(28,3)35(31)17-19-42(33,34)4)51-40(49)50-27(2)47-37-9-7-6-8-32(37)39(46-22-20-45(5)21-23-46)44-36-25-29(43)11-15-38(36)47/h6-11,15,27,30-31,33-36H,12-14,16-25H2,1-5H3. The molecule has 0 radical (unpaired) electrons. The van der Waals surface area contributed by atoms with Crippen molar-refractivity contribution in [1.82, 2.24) is 9.80 Å². The number of ether oxygens (including phenoxy) is 2. The van der Waals surface area contributed by atoms with Gasteiger partial charge in [-0.2, -0.15) is 0 Å². The summed E-state index contributed by atoms with van der Waals surface area (Å²) in [5.74, 6) is 3.49. The molecule has 7 aliphatic rings. The van der Waals surface area contributed by atoms with Crippen molar-refractivity contribution in [2.75, 3.05) is 38.1 Å². The number of ketones is 1. The summed E-state index contributed by atoms with van der Waals surface area (Å²) in [6.07, 6.45) is 13.9. The van der Waals surface area contributed by atoms with Crippen molar-refractivity contribution in [3.63, 3.8) is 0 Å². The van der Waals surface area contributed by atoms with E-state index in [2.05, 4.69) is 59.9 Å². The van der Waals surface area contributed by atoms with Crippen molar-refractivity contribution in [3.05, 3.63) is 64.4 Å². The van der Waals surface area contributed by atoms with E-state index in [0.29, 0.717) is 30.0 Å². The fraction of sp³-hybridized carbons (Fsp3) is 0.643.